The van der Waals surface area contributed by atoms with Crippen LogP contribution >= 0.6 is 11.8 Å². The molecule has 0 radical (unpaired) electrons. The molecule has 1 rings (SSSR count). The van der Waals surface area contributed by atoms with Gasteiger partial charge < -0.3 is 5.32 Å². The van der Waals surface area contributed by atoms with Crippen LogP contribution in [0.2, 0.25) is 0 Å². The Morgan fingerprint density at radius 2 is 1.84 bits per heavy atom. The van der Waals surface area contributed by atoms with Gasteiger partial charge in [-0.1, -0.05) is 41.5 Å². The first-order valence-electron chi connectivity index (χ1n) is 7.23. The van der Waals surface area contributed by atoms with Gasteiger partial charge >= 0.3 is 0 Å². The molecular weight excluding hydrogens is 254 g/mol. The van der Waals surface area contributed by atoms with E-state index in [9.17, 15) is 0 Å². The van der Waals surface area contributed by atoms with Crippen LogP contribution in [0.1, 0.15) is 59.7 Å². The summed E-state index contributed by atoms with van der Waals surface area (Å²) in [6.45, 7) is 14.1. The maximum atomic E-state index is 4.68. The molecule has 0 aliphatic heterocycles. The molecule has 1 aromatic rings. The normalized spacial score (nSPS) is 13.1. The van der Waals surface area contributed by atoms with Gasteiger partial charge in [-0.25, -0.2) is 9.97 Å². The van der Waals surface area contributed by atoms with Crippen LogP contribution in [0.4, 0.5) is 5.82 Å². The zero-order valence-electron chi connectivity index (χ0n) is 13.0. The van der Waals surface area contributed by atoms with Gasteiger partial charge in [0.15, 0.2) is 0 Å². The van der Waals surface area contributed by atoms with Gasteiger partial charge in [-0.2, -0.15) is 0 Å². The molecule has 0 aliphatic carbocycles. The summed E-state index contributed by atoms with van der Waals surface area (Å²) < 4.78 is 0. The second-order valence-electron chi connectivity index (χ2n) is 5.60. The Hall–Kier alpha value is -0.770. The number of anilines is 1. The van der Waals surface area contributed by atoms with Crippen LogP contribution in [0.15, 0.2) is 11.1 Å². The molecule has 1 aromatic heterocycles. The number of hydrogen-bond donors (Lipinski definition) is 1. The van der Waals surface area contributed by atoms with Crippen molar-refractivity contribution in [2.24, 2.45) is 5.92 Å². The minimum Gasteiger partial charge on any atom is -0.370 e. The van der Waals surface area contributed by atoms with Crippen LogP contribution < -0.4 is 5.32 Å². The van der Waals surface area contributed by atoms with Crippen LogP contribution in [0.3, 0.4) is 0 Å². The monoisotopic (exact) mass is 281 g/mol. The van der Waals surface area contributed by atoms with Crippen LogP contribution in [-0.2, 0) is 0 Å². The van der Waals surface area contributed by atoms with Crippen LogP contribution in [0, 0.1) is 5.92 Å². The third-order valence-corrected chi connectivity index (χ3v) is 4.40. The third kappa shape index (κ3) is 5.39. The highest BCUT2D eigenvalue weighted by molar-refractivity contribution is 7.99. The lowest BCUT2D eigenvalue weighted by Gasteiger charge is -2.16. The molecule has 0 saturated carbocycles. The van der Waals surface area contributed by atoms with E-state index in [1.807, 2.05) is 11.8 Å². The Bertz CT molecular complexity index is 391. The number of aromatic nitrogens is 2. The van der Waals surface area contributed by atoms with Crippen molar-refractivity contribution in [3.63, 3.8) is 0 Å². The summed E-state index contributed by atoms with van der Waals surface area (Å²) in [6.07, 6.45) is 1.10. The zero-order valence-corrected chi connectivity index (χ0v) is 13.8. The summed E-state index contributed by atoms with van der Waals surface area (Å²) in [5.74, 6) is 2.89. The first-order chi connectivity index (χ1) is 8.93. The minimum absolute atomic E-state index is 0.358. The third-order valence-electron chi connectivity index (χ3n) is 3.04. The molecule has 1 atom stereocenters. The van der Waals surface area contributed by atoms with Gasteiger partial charge in [-0.05, 0) is 12.3 Å². The molecule has 1 N–H and O–H groups in total. The van der Waals surface area contributed by atoms with E-state index >= 15 is 0 Å². The summed E-state index contributed by atoms with van der Waals surface area (Å²) in [5.41, 5.74) is 0. The van der Waals surface area contributed by atoms with Crippen LogP contribution in [0.25, 0.3) is 0 Å². The van der Waals surface area contributed by atoms with E-state index in [2.05, 4.69) is 62.9 Å². The second-order valence-corrected chi connectivity index (χ2v) is 7.00. The average Bonchev–Trinajstić information content (AvgIpc) is 2.35. The number of hydrogen-bond acceptors (Lipinski definition) is 4. The van der Waals surface area contributed by atoms with E-state index in [0.717, 1.165) is 29.6 Å². The molecule has 19 heavy (non-hydrogen) atoms. The first-order valence-corrected chi connectivity index (χ1v) is 8.11. The number of nitrogens with zero attached hydrogens (tertiary/aromatic N) is 2. The summed E-state index contributed by atoms with van der Waals surface area (Å²) in [5, 5.41) is 5.01. The molecule has 108 valence electrons. The SMILES string of the molecule is CCCNc1cc(SC(C)C(C)C)nc(C(C)C)n1. The molecule has 3 nitrogen and oxygen atoms in total. The fourth-order valence-electron chi connectivity index (χ4n) is 1.43. The molecule has 4 heteroatoms. The molecule has 0 aliphatic rings. The molecule has 0 amide bonds. The molecule has 1 unspecified atom stereocenters. The van der Waals surface area contributed by atoms with Gasteiger partial charge in [0.2, 0.25) is 0 Å². The molecule has 0 saturated heterocycles. The highest BCUT2D eigenvalue weighted by Gasteiger charge is 2.13. The average molecular weight is 281 g/mol. The highest BCUT2D eigenvalue weighted by Crippen LogP contribution is 2.28. The molecule has 0 aromatic carbocycles. The molecule has 0 spiro atoms. The Morgan fingerprint density at radius 3 is 2.37 bits per heavy atom. The number of nitrogens with one attached hydrogen (secondary N) is 1. The Labute approximate surface area is 122 Å². The van der Waals surface area contributed by atoms with Crippen molar-refractivity contribution in [3.05, 3.63) is 11.9 Å². The van der Waals surface area contributed by atoms with E-state index in [-0.39, 0.29) is 0 Å². The lowest BCUT2D eigenvalue weighted by Crippen LogP contribution is -2.09. The smallest absolute Gasteiger partial charge is 0.134 e. The van der Waals surface area contributed by atoms with Crippen molar-refractivity contribution in [2.45, 2.75) is 64.2 Å². The van der Waals surface area contributed by atoms with Gasteiger partial charge in [-0.15, -0.1) is 11.8 Å². The van der Waals surface area contributed by atoms with E-state index in [1.165, 1.54) is 0 Å². The van der Waals surface area contributed by atoms with Gasteiger partial charge in [-0.3, -0.25) is 0 Å². The van der Waals surface area contributed by atoms with E-state index in [4.69, 9.17) is 0 Å². The van der Waals surface area contributed by atoms with Gasteiger partial charge in [0.25, 0.3) is 0 Å². The fraction of sp³-hybridized carbons (Fsp3) is 0.733. The van der Waals surface area contributed by atoms with Crippen molar-refractivity contribution in [1.82, 2.24) is 9.97 Å². The van der Waals surface area contributed by atoms with Gasteiger partial charge in [0.1, 0.15) is 16.7 Å². The van der Waals surface area contributed by atoms with Crippen LogP contribution in [0.5, 0.6) is 0 Å². The number of thioether (sulfide) groups is 1. The maximum Gasteiger partial charge on any atom is 0.134 e. The standard InChI is InChI=1S/C15H27N3S/c1-7-8-16-13-9-14(19-12(6)10(2)3)18-15(17-13)11(4)5/h9-12H,7-8H2,1-6H3,(H,16,17,18). The molecule has 0 bridgehead atoms. The van der Waals surface area contributed by atoms with E-state index < -0.39 is 0 Å². The Morgan fingerprint density at radius 1 is 1.16 bits per heavy atom. The molecule has 1 heterocycles. The molecule has 0 fully saturated rings. The van der Waals surface area contributed by atoms with Gasteiger partial charge in [0, 0.05) is 23.8 Å². The summed E-state index contributed by atoms with van der Waals surface area (Å²) >= 11 is 1.84. The fourth-order valence-corrected chi connectivity index (χ4v) is 2.41. The first kappa shape index (κ1) is 16.3. The zero-order chi connectivity index (χ0) is 14.4. The summed E-state index contributed by atoms with van der Waals surface area (Å²) in [4.78, 5) is 9.26. The predicted octanol–water partition coefficient (Wildman–Crippen LogP) is 4.56. The predicted molar refractivity (Wildman–Crippen MR) is 85.1 cm³/mol. The topological polar surface area (TPSA) is 37.8 Å². The quantitative estimate of drug-likeness (QED) is 0.587. The minimum atomic E-state index is 0.358. The largest absolute Gasteiger partial charge is 0.370 e. The second kappa shape index (κ2) is 7.73. The maximum absolute atomic E-state index is 4.68. The van der Waals surface area contributed by atoms with Crippen molar-refractivity contribution < 1.29 is 0 Å². The highest BCUT2D eigenvalue weighted by atomic mass is 32.2. The lowest BCUT2D eigenvalue weighted by molar-refractivity contribution is 0.640. The Balaban J connectivity index is 2.92. The van der Waals surface area contributed by atoms with Crippen molar-refractivity contribution in [3.8, 4) is 0 Å². The van der Waals surface area contributed by atoms with Crippen molar-refractivity contribution >= 4 is 17.6 Å². The summed E-state index contributed by atoms with van der Waals surface area (Å²) in [7, 11) is 0. The Kier molecular flexibility index (Phi) is 6.63. The van der Waals surface area contributed by atoms with Gasteiger partial charge in [0.05, 0.1) is 0 Å². The van der Waals surface area contributed by atoms with E-state index in [0.29, 0.717) is 17.1 Å². The van der Waals surface area contributed by atoms with Crippen molar-refractivity contribution in [1.29, 1.82) is 0 Å². The van der Waals surface area contributed by atoms with Crippen LogP contribution in [-0.4, -0.2) is 21.8 Å². The van der Waals surface area contributed by atoms with Crippen molar-refractivity contribution in [2.75, 3.05) is 11.9 Å². The number of rotatable bonds is 7. The van der Waals surface area contributed by atoms with E-state index in [1.54, 1.807) is 0 Å². The summed E-state index contributed by atoms with van der Waals surface area (Å²) in [6, 6.07) is 2.07. The molecular formula is C15H27N3S. The lowest BCUT2D eigenvalue weighted by atomic mass is 10.2.